The fraction of sp³-hybridized carbons (Fsp3) is 0.947. The van der Waals surface area contributed by atoms with Crippen molar-refractivity contribution in [3.05, 3.63) is 0 Å². The molecule has 0 aromatic carbocycles. The van der Waals surface area contributed by atoms with Gasteiger partial charge in [0.15, 0.2) is 5.11 Å². The molecule has 1 heterocycles. The van der Waals surface area contributed by atoms with Crippen molar-refractivity contribution in [1.82, 2.24) is 10.6 Å². The van der Waals surface area contributed by atoms with E-state index in [1.807, 2.05) is 0 Å². The van der Waals surface area contributed by atoms with Gasteiger partial charge in [0.05, 0.1) is 6.10 Å². The molecule has 3 nitrogen and oxygen atoms in total. The SMILES string of the molecule is CCC(NC(=S)NCC1CCCO1)C12CC3CC(CC(C3)C1)C2. The Morgan fingerprint density at radius 2 is 1.83 bits per heavy atom. The summed E-state index contributed by atoms with van der Waals surface area (Å²) in [6.45, 7) is 4.11. The molecule has 2 atom stereocenters. The first-order chi connectivity index (χ1) is 11.2. The predicted molar refractivity (Wildman–Crippen MR) is 97.4 cm³/mol. The van der Waals surface area contributed by atoms with Gasteiger partial charge in [0, 0.05) is 19.2 Å². The molecule has 4 bridgehead atoms. The summed E-state index contributed by atoms with van der Waals surface area (Å²) in [5.41, 5.74) is 0.527. The Morgan fingerprint density at radius 3 is 2.35 bits per heavy atom. The molecule has 5 rings (SSSR count). The van der Waals surface area contributed by atoms with E-state index in [2.05, 4.69) is 17.6 Å². The number of nitrogens with one attached hydrogen (secondary N) is 2. The highest BCUT2D eigenvalue weighted by Gasteiger charge is 2.53. The van der Waals surface area contributed by atoms with Crippen LogP contribution in [0.5, 0.6) is 0 Å². The van der Waals surface area contributed by atoms with E-state index in [0.29, 0.717) is 17.6 Å². The molecule has 5 fully saturated rings. The van der Waals surface area contributed by atoms with E-state index < -0.39 is 0 Å². The lowest BCUT2D eigenvalue weighted by Crippen LogP contribution is -2.58. The van der Waals surface area contributed by atoms with Crippen LogP contribution in [0.3, 0.4) is 0 Å². The lowest BCUT2D eigenvalue weighted by molar-refractivity contribution is -0.0711. The minimum atomic E-state index is 0.356. The van der Waals surface area contributed by atoms with Crippen LogP contribution in [0.4, 0.5) is 0 Å². The molecule has 0 aromatic heterocycles. The zero-order chi connectivity index (χ0) is 15.9. The molecule has 1 saturated heterocycles. The van der Waals surface area contributed by atoms with Gasteiger partial charge in [-0.3, -0.25) is 0 Å². The van der Waals surface area contributed by atoms with Crippen LogP contribution < -0.4 is 10.6 Å². The lowest BCUT2D eigenvalue weighted by Gasteiger charge is -2.59. The Balaban J connectivity index is 1.35. The fourth-order valence-electron chi connectivity index (χ4n) is 6.51. The van der Waals surface area contributed by atoms with E-state index in [-0.39, 0.29) is 0 Å². The van der Waals surface area contributed by atoms with Gasteiger partial charge in [-0.1, -0.05) is 6.92 Å². The topological polar surface area (TPSA) is 33.3 Å². The van der Waals surface area contributed by atoms with Gasteiger partial charge in [-0.05, 0) is 93.2 Å². The molecule has 4 aliphatic carbocycles. The maximum Gasteiger partial charge on any atom is 0.166 e. The van der Waals surface area contributed by atoms with Crippen LogP contribution in [0.2, 0.25) is 0 Å². The van der Waals surface area contributed by atoms with Crippen LogP contribution in [-0.2, 0) is 4.74 Å². The second-order valence-corrected chi connectivity index (χ2v) is 9.14. The van der Waals surface area contributed by atoms with E-state index in [0.717, 1.165) is 36.0 Å². The molecular weight excluding hydrogens is 304 g/mol. The molecule has 0 amide bonds. The molecule has 2 unspecified atom stereocenters. The normalized spacial score (nSPS) is 42.7. The summed E-state index contributed by atoms with van der Waals surface area (Å²) in [5.74, 6) is 3.02. The Hall–Kier alpha value is -0.350. The maximum atomic E-state index is 5.69. The van der Waals surface area contributed by atoms with Crippen LogP contribution in [0.25, 0.3) is 0 Å². The molecule has 0 spiro atoms. The molecule has 4 heteroatoms. The third-order valence-electron chi connectivity index (χ3n) is 7.05. The first kappa shape index (κ1) is 16.1. The summed E-state index contributed by atoms with van der Waals surface area (Å²) in [4.78, 5) is 0. The highest BCUT2D eigenvalue weighted by Crippen LogP contribution is 2.61. The lowest BCUT2D eigenvalue weighted by atomic mass is 9.47. The quantitative estimate of drug-likeness (QED) is 0.751. The van der Waals surface area contributed by atoms with Crippen LogP contribution in [0.15, 0.2) is 0 Å². The molecule has 2 N–H and O–H groups in total. The molecule has 23 heavy (non-hydrogen) atoms. The second kappa shape index (κ2) is 6.51. The molecule has 0 aromatic rings. The van der Waals surface area contributed by atoms with Crippen molar-refractivity contribution in [3.63, 3.8) is 0 Å². The summed E-state index contributed by atoms with van der Waals surface area (Å²) in [6.07, 6.45) is 12.8. The van der Waals surface area contributed by atoms with Crippen LogP contribution in [0.1, 0.15) is 64.7 Å². The van der Waals surface area contributed by atoms with E-state index in [9.17, 15) is 0 Å². The predicted octanol–water partition coefficient (Wildman–Crippen LogP) is 3.62. The molecule has 130 valence electrons. The summed E-state index contributed by atoms with van der Waals surface area (Å²) in [6, 6.07) is 0.556. The zero-order valence-electron chi connectivity index (χ0n) is 14.5. The minimum Gasteiger partial charge on any atom is -0.376 e. The molecule has 0 radical (unpaired) electrons. The summed E-state index contributed by atoms with van der Waals surface area (Å²) in [7, 11) is 0. The van der Waals surface area contributed by atoms with Crippen molar-refractivity contribution in [2.75, 3.05) is 13.2 Å². The van der Waals surface area contributed by atoms with Crippen LogP contribution in [0, 0.1) is 23.2 Å². The highest BCUT2D eigenvalue weighted by molar-refractivity contribution is 7.80. The Bertz CT molecular complexity index is 411. The molecule has 4 saturated carbocycles. The Labute approximate surface area is 146 Å². The van der Waals surface area contributed by atoms with Crippen molar-refractivity contribution < 1.29 is 4.74 Å². The van der Waals surface area contributed by atoms with Gasteiger partial charge in [0.25, 0.3) is 0 Å². The summed E-state index contributed by atoms with van der Waals surface area (Å²) in [5, 5.41) is 7.98. The first-order valence-corrected chi connectivity index (χ1v) is 10.2. The number of hydrogen-bond donors (Lipinski definition) is 2. The Kier molecular flexibility index (Phi) is 4.57. The van der Waals surface area contributed by atoms with Crippen molar-refractivity contribution in [1.29, 1.82) is 0 Å². The van der Waals surface area contributed by atoms with Gasteiger partial charge < -0.3 is 15.4 Å². The number of ether oxygens (including phenoxy) is 1. The van der Waals surface area contributed by atoms with E-state index >= 15 is 0 Å². The third-order valence-corrected chi connectivity index (χ3v) is 7.31. The van der Waals surface area contributed by atoms with Gasteiger partial charge in [-0.25, -0.2) is 0 Å². The largest absolute Gasteiger partial charge is 0.376 e. The summed E-state index contributed by atoms with van der Waals surface area (Å²) < 4.78 is 5.69. The molecular formula is C19H32N2OS. The fourth-order valence-corrected chi connectivity index (χ4v) is 6.74. The minimum absolute atomic E-state index is 0.356. The van der Waals surface area contributed by atoms with Crippen LogP contribution in [-0.4, -0.2) is 30.4 Å². The highest BCUT2D eigenvalue weighted by atomic mass is 32.1. The van der Waals surface area contributed by atoms with Crippen molar-refractivity contribution in [2.45, 2.75) is 76.9 Å². The van der Waals surface area contributed by atoms with Gasteiger partial charge in [-0.2, -0.15) is 0 Å². The average Bonchev–Trinajstić information content (AvgIpc) is 3.02. The smallest absolute Gasteiger partial charge is 0.166 e. The van der Waals surface area contributed by atoms with E-state index in [1.54, 1.807) is 0 Å². The molecule has 1 aliphatic heterocycles. The number of hydrogen-bond acceptors (Lipinski definition) is 2. The first-order valence-electron chi connectivity index (χ1n) is 9.83. The summed E-state index contributed by atoms with van der Waals surface area (Å²) >= 11 is 5.61. The van der Waals surface area contributed by atoms with Gasteiger partial charge in [-0.15, -0.1) is 0 Å². The van der Waals surface area contributed by atoms with E-state index in [4.69, 9.17) is 17.0 Å². The van der Waals surface area contributed by atoms with Crippen molar-refractivity contribution in [2.24, 2.45) is 23.2 Å². The second-order valence-electron chi connectivity index (χ2n) is 8.73. The zero-order valence-corrected chi connectivity index (χ0v) is 15.3. The van der Waals surface area contributed by atoms with Crippen molar-refractivity contribution in [3.8, 4) is 0 Å². The Morgan fingerprint density at radius 1 is 1.17 bits per heavy atom. The number of rotatable bonds is 5. The van der Waals surface area contributed by atoms with Crippen molar-refractivity contribution >= 4 is 17.3 Å². The van der Waals surface area contributed by atoms with Crippen LogP contribution >= 0.6 is 12.2 Å². The molecule has 5 aliphatic rings. The average molecular weight is 337 g/mol. The van der Waals surface area contributed by atoms with E-state index in [1.165, 1.54) is 57.8 Å². The van der Waals surface area contributed by atoms with Gasteiger partial charge in [0.2, 0.25) is 0 Å². The monoisotopic (exact) mass is 336 g/mol. The third kappa shape index (κ3) is 3.26. The maximum absolute atomic E-state index is 5.69. The number of thiocarbonyl (C=S) groups is 1. The standard InChI is InChI=1S/C19H32N2OS/c1-2-17(21-18(23)20-12-16-4-3-5-22-16)19-9-13-6-14(10-19)8-15(7-13)11-19/h13-17H,2-12H2,1H3,(H2,20,21,23). The van der Waals surface area contributed by atoms with Gasteiger partial charge in [0.1, 0.15) is 0 Å². The van der Waals surface area contributed by atoms with Gasteiger partial charge >= 0.3 is 0 Å².